The number of primary amides is 1. The van der Waals surface area contributed by atoms with E-state index >= 15 is 0 Å². The van der Waals surface area contributed by atoms with E-state index in [9.17, 15) is 14.0 Å². The van der Waals surface area contributed by atoms with Crippen molar-refractivity contribution in [1.82, 2.24) is 84.9 Å². The van der Waals surface area contributed by atoms with E-state index in [1.54, 1.807) is 100 Å². The fourth-order valence-electron chi connectivity index (χ4n) is 10.3. The molecule has 28 heteroatoms. The number of anilines is 3. The number of benzene rings is 3. The third-order valence-corrected chi connectivity index (χ3v) is 15.8. The molecule has 7 N–H and O–H groups in total. The number of pyridine rings is 7. The zero-order valence-corrected chi connectivity index (χ0v) is 55.2. The molecule has 0 unspecified atom stereocenters. The first-order valence-electron chi connectivity index (χ1n) is 31.0. The maximum Gasteiger partial charge on any atom is 0.320 e. The Morgan fingerprint density at radius 3 is 2.24 bits per heavy atom. The van der Waals surface area contributed by atoms with Crippen molar-refractivity contribution in [3.05, 3.63) is 254 Å². The van der Waals surface area contributed by atoms with E-state index in [1.807, 2.05) is 133 Å². The summed E-state index contributed by atoms with van der Waals surface area (Å²) in [6, 6.07) is 48.0. The summed E-state index contributed by atoms with van der Waals surface area (Å²) in [6.07, 6.45) is 17.5. The summed E-state index contributed by atoms with van der Waals surface area (Å²) >= 11 is 0.898. The molecule has 0 saturated carbocycles. The van der Waals surface area contributed by atoms with Crippen LogP contribution >= 0.6 is 11.5 Å². The van der Waals surface area contributed by atoms with Gasteiger partial charge in [0.25, 0.3) is 11.6 Å². The number of para-hydroxylation sites is 2. The molecule has 26 nitrogen and oxygen atoms in total. The maximum atomic E-state index is 14.1. The summed E-state index contributed by atoms with van der Waals surface area (Å²) in [5, 5.41) is 42.3. The third-order valence-electron chi connectivity index (χ3n) is 15.1. The lowest BCUT2D eigenvalue weighted by molar-refractivity contribution is -0.658. The van der Waals surface area contributed by atoms with Crippen molar-refractivity contribution >= 4 is 67.4 Å². The van der Waals surface area contributed by atoms with E-state index in [4.69, 9.17) is 19.9 Å². The highest BCUT2D eigenvalue weighted by Crippen LogP contribution is 2.35. The number of carbonyl (C=O) groups excluding carboxylic acids is 2. The highest BCUT2D eigenvalue weighted by molar-refractivity contribution is 7.11. The number of fused-ring (bicyclic) bond motifs is 3. The number of rotatable bonds is 17. The molecule has 498 valence electrons. The largest absolute Gasteiger partial charge is 0.497 e. The number of nitrogens with one attached hydrogen (secondary N) is 5. The fourth-order valence-corrected chi connectivity index (χ4v) is 11.1. The normalized spacial score (nSPS) is 10.8. The van der Waals surface area contributed by atoms with Crippen LogP contribution in [-0.2, 0) is 13.2 Å². The molecule has 0 radical (unpaired) electrons. The van der Waals surface area contributed by atoms with Gasteiger partial charge in [0.05, 0.1) is 48.4 Å². The van der Waals surface area contributed by atoms with Crippen molar-refractivity contribution in [2.45, 2.75) is 39.8 Å². The summed E-state index contributed by atoms with van der Waals surface area (Å²) in [5.74, 6) is 1.94. The molecule has 15 aromatic rings. The van der Waals surface area contributed by atoms with Gasteiger partial charge in [0.2, 0.25) is 17.9 Å². The number of methoxy groups -OCH3 is 2. The highest BCUT2D eigenvalue weighted by Gasteiger charge is 2.24. The molecule has 0 atom stereocenters. The number of H-pyrrole nitrogens is 2. The van der Waals surface area contributed by atoms with Crippen LogP contribution in [-0.4, -0.2) is 106 Å². The van der Waals surface area contributed by atoms with E-state index in [1.165, 1.54) is 10.7 Å². The molecule has 0 aliphatic rings. The van der Waals surface area contributed by atoms with Crippen LogP contribution in [0.4, 0.5) is 25.7 Å². The molecule has 0 fully saturated rings. The van der Waals surface area contributed by atoms with Crippen LogP contribution in [0.1, 0.15) is 52.8 Å². The van der Waals surface area contributed by atoms with Crippen molar-refractivity contribution in [1.29, 1.82) is 0 Å². The Bertz CT molecular complexity index is 5260. The van der Waals surface area contributed by atoms with Gasteiger partial charge >= 0.3 is 6.03 Å². The van der Waals surface area contributed by atoms with Gasteiger partial charge in [0.1, 0.15) is 51.4 Å². The molecule has 12 aromatic heterocycles. The van der Waals surface area contributed by atoms with Crippen molar-refractivity contribution in [3.8, 4) is 68.2 Å². The standard InChI is InChI=1S/C20H21N5O5S.C18H13FN5.C17H17N7.C17H12N4/c1-28-14-6-13(7-15(8-14)29-2)10-23-20(27)24-19-16(17(21)26)18(25-31-19)30-11-12-4-3-5-22-9-12;19-15-5-1-2-6-17(15)24-12-16-14(4-3-9-21-16)18(23-24)22-13-7-10-20-11-8-13;1-10(2)17-22-19-14-8-7-12(9-24(14)17)15-16(21-23-20-15)13-6-4-5-11(3)18-13;1-2-6-15-13(5-1)12(8-10-19-15)14-11-20-21-17(14)16-7-3-4-9-18-16/h3-9H,10-11H2,1-2H3,(H2,21,26)(H2,23,24,27);1-12H,(H,20,22,23);4-10H,1-3H3,(H,20,21,23);1-11H,(H,20,21)/q;+1;;. The number of aromatic nitrogens is 17. The highest BCUT2D eigenvalue weighted by atomic mass is 32.1. The summed E-state index contributed by atoms with van der Waals surface area (Å²) in [7, 11) is 3.09. The molecular weight excluding hydrogens is 1290 g/mol. The maximum absolute atomic E-state index is 14.1. The lowest BCUT2D eigenvalue weighted by Crippen LogP contribution is -2.36. The van der Waals surface area contributed by atoms with Gasteiger partial charge in [-0.1, -0.05) is 62.4 Å². The molecule has 0 saturated heterocycles. The lowest BCUT2D eigenvalue weighted by Gasteiger charge is -2.10. The Morgan fingerprint density at radius 2 is 1.47 bits per heavy atom. The van der Waals surface area contributed by atoms with E-state index in [0.717, 1.165) is 107 Å². The zero-order valence-electron chi connectivity index (χ0n) is 54.4. The lowest BCUT2D eigenvalue weighted by atomic mass is 10.0. The predicted octanol–water partition coefficient (Wildman–Crippen LogP) is 12.4. The molecule has 0 aliphatic carbocycles. The SMILES string of the molecule is COc1cc(CNC(=O)Nc2snc(OCc3cccnc3)c2C(N)=O)cc(OC)c1.Cc1cccc(-c2n[nH]nc2-c2ccc3nnc(C(C)C)n3c2)n1.Fc1ccccc1-[n+]1cc2ncccc2c(Nc2ccncc2)n1.c1ccc(-c2[nH]ncc2-c2ccnc3ccccc23)nc1. The number of nitrogens with zero attached hydrogens (tertiary/aromatic N) is 15. The molecule has 100 heavy (non-hydrogen) atoms. The number of amides is 3. The number of aryl methyl sites for hydroxylation is 1. The number of urea groups is 1. The monoisotopic (exact) mass is 1350 g/mol. The van der Waals surface area contributed by atoms with Gasteiger partial charge in [-0.05, 0) is 131 Å². The molecule has 12 heterocycles. The van der Waals surface area contributed by atoms with Crippen LogP contribution in [0.25, 0.3) is 78.3 Å². The van der Waals surface area contributed by atoms with Gasteiger partial charge in [0.15, 0.2) is 11.5 Å². The number of hydrogen-bond acceptors (Lipinski definition) is 20. The van der Waals surface area contributed by atoms with E-state index < -0.39 is 11.9 Å². The first kappa shape index (κ1) is 66.6. The molecule has 15 rings (SSSR count). The first-order chi connectivity index (χ1) is 48.9. The van der Waals surface area contributed by atoms with Crippen LogP contribution in [0.5, 0.6) is 17.4 Å². The topological polar surface area (TPSA) is 331 Å². The van der Waals surface area contributed by atoms with Crippen molar-refractivity contribution in [3.63, 3.8) is 0 Å². The smallest absolute Gasteiger partial charge is 0.320 e. The Hall–Kier alpha value is -13.4. The second kappa shape index (κ2) is 31.5. The fraction of sp³-hybridized carbons (Fsp3) is 0.111. The Labute approximate surface area is 574 Å². The van der Waals surface area contributed by atoms with Gasteiger partial charge < -0.3 is 30.6 Å². The average Bonchev–Trinajstić information content (AvgIpc) is 1.62. The van der Waals surface area contributed by atoms with E-state index in [2.05, 4.69) is 111 Å². The second-order valence-electron chi connectivity index (χ2n) is 22.2. The molecule has 0 spiro atoms. The van der Waals surface area contributed by atoms with Gasteiger partial charge in [-0.15, -0.1) is 10.2 Å². The number of ether oxygens (including phenoxy) is 3. The van der Waals surface area contributed by atoms with Gasteiger partial charge in [-0.3, -0.25) is 44.5 Å². The van der Waals surface area contributed by atoms with E-state index in [-0.39, 0.29) is 41.3 Å². The van der Waals surface area contributed by atoms with Crippen molar-refractivity contribution in [2.75, 3.05) is 24.9 Å². The summed E-state index contributed by atoms with van der Waals surface area (Å²) < 4.78 is 37.7. The minimum Gasteiger partial charge on any atom is -0.497 e. The number of aromatic amines is 2. The quantitative estimate of drug-likeness (QED) is 0.0461. The van der Waals surface area contributed by atoms with Crippen molar-refractivity contribution in [2.24, 2.45) is 5.73 Å². The van der Waals surface area contributed by atoms with Crippen LogP contribution in [0.15, 0.2) is 220 Å². The molecular formula is C72H63FN21O5S+. The minimum absolute atomic E-state index is 0.00656. The number of carbonyl (C=O) groups is 2. The molecule has 3 aromatic carbocycles. The Kier molecular flexibility index (Phi) is 21.0. The van der Waals surface area contributed by atoms with Gasteiger partial charge in [0, 0.05) is 113 Å². The second-order valence-corrected chi connectivity index (χ2v) is 23.0. The Morgan fingerprint density at radius 1 is 0.710 bits per heavy atom. The van der Waals surface area contributed by atoms with Crippen LogP contribution in [0, 0.1) is 12.7 Å². The number of hydrogen-bond donors (Lipinski definition) is 6. The molecule has 0 aliphatic heterocycles. The number of halogens is 1. The first-order valence-corrected chi connectivity index (χ1v) is 31.8. The van der Waals surface area contributed by atoms with Gasteiger partial charge in [-0.25, -0.2) is 9.78 Å². The van der Waals surface area contributed by atoms with Crippen LogP contribution < -0.4 is 40.6 Å². The number of nitrogens with two attached hydrogens (primary N) is 1. The average molecular weight is 1350 g/mol. The summed E-state index contributed by atoms with van der Waals surface area (Å²) in [6.45, 7) is 6.51. The summed E-state index contributed by atoms with van der Waals surface area (Å²) in [5.41, 5.74) is 18.9. The Balaban J connectivity index is 0.000000127. The predicted molar refractivity (Wildman–Crippen MR) is 376 cm³/mol. The van der Waals surface area contributed by atoms with Crippen LogP contribution in [0.3, 0.4) is 0 Å². The zero-order chi connectivity index (χ0) is 69.3. The van der Waals surface area contributed by atoms with E-state index in [0.29, 0.717) is 28.5 Å². The van der Waals surface area contributed by atoms with Crippen LogP contribution in [0.2, 0.25) is 0 Å². The molecule has 0 bridgehead atoms. The minimum atomic E-state index is -0.761. The third kappa shape index (κ3) is 16.0. The summed E-state index contributed by atoms with van der Waals surface area (Å²) in [4.78, 5) is 50.0. The molecule has 3 amide bonds. The van der Waals surface area contributed by atoms with Crippen molar-refractivity contribution < 1.29 is 32.9 Å². The van der Waals surface area contributed by atoms with Gasteiger partial charge in [-0.2, -0.15) is 29.3 Å².